The van der Waals surface area contributed by atoms with Crippen molar-refractivity contribution in [1.82, 2.24) is 5.32 Å². The number of benzene rings is 2. The van der Waals surface area contributed by atoms with Gasteiger partial charge in [-0.3, -0.25) is 14.4 Å². The van der Waals surface area contributed by atoms with Crippen molar-refractivity contribution >= 4 is 23.3 Å². The number of carbonyl (C=O) groups is 3. The van der Waals surface area contributed by atoms with Crippen LogP contribution in [0.25, 0.3) is 0 Å². The van der Waals surface area contributed by atoms with E-state index in [-0.39, 0.29) is 17.6 Å². The predicted molar refractivity (Wildman–Crippen MR) is 106 cm³/mol. The number of hydrogen-bond acceptors (Lipinski definition) is 4. The van der Waals surface area contributed by atoms with E-state index in [2.05, 4.69) is 10.6 Å². The molecule has 2 aromatic rings. The number of anilines is 1. The average molecular weight is 380 g/mol. The van der Waals surface area contributed by atoms with E-state index in [1.165, 1.54) is 6.92 Å². The van der Waals surface area contributed by atoms with Crippen LogP contribution >= 0.6 is 0 Å². The van der Waals surface area contributed by atoms with Crippen LogP contribution in [0, 0.1) is 5.41 Å². The Hall–Kier alpha value is -3.15. The highest BCUT2D eigenvalue weighted by Crippen LogP contribution is 2.46. The minimum atomic E-state index is -1.01. The molecule has 6 heteroatoms. The van der Waals surface area contributed by atoms with Crippen LogP contribution in [-0.4, -0.2) is 31.3 Å². The van der Waals surface area contributed by atoms with Gasteiger partial charge in [-0.1, -0.05) is 24.3 Å². The molecular formula is C22H24N2O4. The Labute approximate surface area is 164 Å². The lowest BCUT2D eigenvalue weighted by Gasteiger charge is -2.16. The largest absolute Gasteiger partial charge is 0.497 e. The van der Waals surface area contributed by atoms with Crippen LogP contribution in [0.2, 0.25) is 0 Å². The molecule has 1 aliphatic carbocycles. The molecule has 0 aliphatic heterocycles. The number of nitrogens with one attached hydrogen (secondary N) is 2. The van der Waals surface area contributed by atoms with Crippen LogP contribution in [0.3, 0.4) is 0 Å². The fraction of sp³-hybridized carbons (Fsp3) is 0.318. The van der Waals surface area contributed by atoms with E-state index in [1.807, 2.05) is 24.3 Å². The number of hydrogen-bond donors (Lipinski definition) is 2. The van der Waals surface area contributed by atoms with Crippen LogP contribution in [0.5, 0.6) is 5.75 Å². The van der Waals surface area contributed by atoms with Gasteiger partial charge in [-0.2, -0.15) is 0 Å². The molecule has 1 fully saturated rings. The van der Waals surface area contributed by atoms with E-state index >= 15 is 0 Å². The van der Waals surface area contributed by atoms with Gasteiger partial charge in [0.05, 0.1) is 7.11 Å². The van der Waals surface area contributed by atoms with Crippen LogP contribution in [0.15, 0.2) is 48.5 Å². The molecule has 0 aromatic heterocycles. The Balaban J connectivity index is 1.54. The SMILES string of the molecule is COc1ccc(CCNC(=O)C2(C(=O)Nc3cccc(C(C)=O)c3)CC2)cc1. The summed E-state index contributed by atoms with van der Waals surface area (Å²) in [4.78, 5) is 36.7. The molecule has 28 heavy (non-hydrogen) atoms. The van der Waals surface area contributed by atoms with Crippen molar-refractivity contribution in [2.75, 3.05) is 19.0 Å². The summed E-state index contributed by atoms with van der Waals surface area (Å²) in [5, 5.41) is 5.65. The van der Waals surface area contributed by atoms with Crippen molar-refractivity contribution in [2.45, 2.75) is 26.2 Å². The quantitative estimate of drug-likeness (QED) is 0.545. The lowest BCUT2D eigenvalue weighted by molar-refractivity contribution is -0.134. The summed E-state index contributed by atoms with van der Waals surface area (Å²) >= 11 is 0. The lowest BCUT2D eigenvalue weighted by Crippen LogP contribution is -2.40. The minimum Gasteiger partial charge on any atom is -0.497 e. The normalized spacial score (nSPS) is 14.1. The van der Waals surface area contributed by atoms with Crippen LogP contribution in [0.1, 0.15) is 35.7 Å². The first-order valence-corrected chi connectivity index (χ1v) is 9.28. The smallest absolute Gasteiger partial charge is 0.240 e. The molecule has 0 atom stereocenters. The van der Waals surface area contributed by atoms with Gasteiger partial charge in [0.25, 0.3) is 0 Å². The fourth-order valence-electron chi connectivity index (χ4n) is 3.03. The molecule has 0 heterocycles. The molecule has 2 aromatic carbocycles. The zero-order valence-electron chi connectivity index (χ0n) is 16.1. The molecule has 0 unspecified atom stereocenters. The van der Waals surface area contributed by atoms with Gasteiger partial charge in [-0.15, -0.1) is 0 Å². The third-order valence-corrected chi connectivity index (χ3v) is 5.00. The van der Waals surface area contributed by atoms with Gasteiger partial charge in [-0.25, -0.2) is 0 Å². The molecule has 0 spiro atoms. The first-order valence-electron chi connectivity index (χ1n) is 9.28. The molecule has 0 saturated heterocycles. The number of ether oxygens (including phenoxy) is 1. The monoisotopic (exact) mass is 380 g/mol. The molecule has 2 N–H and O–H groups in total. The minimum absolute atomic E-state index is 0.0755. The van der Waals surface area contributed by atoms with Crippen LogP contribution < -0.4 is 15.4 Å². The summed E-state index contributed by atoms with van der Waals surface area (Å²) in [6.07, 6.45) is 1.73. The summed E-state index contributed by atoms with van der Waals surface area (Å²) in [5.74, 6) is 0.139. The van der Waals surface area contributed by atoms with Gasteiger partial charge in [0.15, 0.2) is 5.78 Å². The summed E-state index contributed by atoms with van der Waals surface area (Å²) in [6, 6.07) is 14.4. The standard InChI is InChI=1S/C22H24N2O4/c1-15(25)17-4-3-5-18(14-17)24-21(27)22(11-12-22)20(26)23-13-10-16-6-8-19(28-2)9-7-16/h3-9,14H,10-13H2,1-2H3,(H,23,26)(H,24,27). The van der Waals surface area contributed by atoms with E-state index in [1.54, 1.807) is 31.4 Å². The molecule has 1 aliphatic rings. The number of carbonyl (C=O) groups excluding carboxylic acids is 3. The number of Topliss-reactive ketones (excluding diaryl/α,β-unsaturated/α-hetero) is 1. The first-order chi connectivity index (χ1) is 13.4. The Morgan fingerprint density at radius 1 is 1.04 bits per heavy atom. The Kier molecular flexibility index (Phi) is 5.78. The Morgan fingerprint density at radius 2 is 1.75 bits per heavy atom. The Bertz CT molecular complexity index is 886. The van der Waals surface area contributed by atoms with Gasteiger partial charge in [-0.05, 0) is 56.0 Å². The van der Waals surface area contributed by atoms with Crippen molar-refractivity contribution in [3.05, 3.63) is 59.7 Å². The highest BCUT2D eigenvalue weighted by molar-refractivity contribution is 6.13. The Morgan fingerprint density at radius 3 is 2.36 bits per heavy atom. The molecule has 3 rings (SSSR count). The van der Waals surface area contributed by atoms with Crippen molar-refractivity contribution in [3.8, 4) is 5.75 Å². The van der Waals surface area contributed by atoms with E-state index in [0.29, 0.717) is 37.1 Å². The second-order valence-corrected chi connectivity index (χ2v) is 7.03. The van der Waals surface area contributed by atoms with E-state index in [0.717, 1.165) is 11.3 Å². The summed E-state index contributed by atoms with van der Waals surface area (Å²) < 4.78 is 5.13. The zero-order chi connectivity index (χ0) is 20.1. The maximum absolute atomic E-state index is 12.7. The third kappa shape index (κ3) is 4.39. The summed E-state index contributed by atoms with van der Waals surface area (Å²) in [5.41, 5.74) is 1.12. The summed E-state index contributed by atoms with van der Waals surface area (Å²) in [6.45, 7) is 1.93. The van der Waals surface area contributed by atoms with E-state index in [4.69, 9.17) is 4.74 Å². The topological polar surface area (TPSA) is 84.5 Å². The highest BCUT2D eigenvalue weighted by atomic mass is 16.5. The van der Waals surface area contributed by atoms with Gasteiger partial charge in [0.2, 0.25) is 11.8 Å². The van der Waals surface area contributed by atoms with E-state index < -0.39 is 5.41 Å². The molecular weight excluding hydrogens is 356 g/mol. The molecule has 2 amide bonds. The molecule has 0 bridgehead atoms. The van der Waals surface area contributed by atoms with Crippen molar-refractivity contribution < 1.29 is 19.1 Å². The maximum Gasteiger partial charge on any atom is 0.240 e. The zero-order valence-corrected chi connectivity index (χ0v) is 16.1. The number of ketones is 1. The van der Waals surface area contributed by atoms with Gasteiger partial charge < -0.3 is 15.4 Å². The number of methoxy groups -OCH3 is 1. The number of amides is 2. The first kappa shape index (κ1) is 19.6. The molecule has 6 nitrogen and oxygen atoms in total. The van der Waals surface area contributed by atoms with Crippen molar-refractivity contribution in [1.29, 1.82) is 0 Å². The number of rotatable bonds is 8. The van der Waals surface area contributed by atoms with Crippen LogP contribution in [0.4, 0.5) is 5.69 Å². The fourth-order valence-corrected chi connectivity index (χ4v) is 3.03. The molecule has 1 saturated carbocycles. The highest BCUT2D eigenvalue weighted by Gasteiger charge is 2.56. The van der Waals surface area contributed by atoms with E-state index in [9.17, 15) is 14.4 Å². The molecule has 146 valence electrons. The van der Waals surface area contributed by atoms with Gasteiger partial charge in [0.1, 0.15) is 11.2 Å². The summed E-state index contributed by atoms with van der Waals surface area (Å²) in [7, 11) is 1.62. The molecule has 0 radical (unpaired) electrons. The predicted octanol–water partition coefficient (Wildman–Crippen LogP) is 2.98. The second kappa shape index (κ2) is 8.25. The second-order valence-electron chi connectivity index (χ2n) is 7.03. The van der Waals surface area contributed by atoms with Crippen LogP contribution in [-0.2, 0) is 16.0 Å². The average Bonchev–Trinajstić information content (AvgIpc) is 3.51. The third-order valence-electron chi connectivity index (χ3n) is 5.00. The lowest BCUT2D eigenvalue weighted by atomic mass is 10.0. The van der Waals surface area contributed by atoms with Gasteiger partial charge >= 0.3 is 0 Å². The van der Waals surface area contributed by atoms with Crippen molar-refractivity contribution in [2.24, 2.45) is 5.41 Å². The maximum atomic E-state index is 12.7. The van der Waals surface area contributed by atoms with Crippen molar-refractivity contribution in [3.63, 3.8) is 0 Å². The van der Waals surface area contributed by atoms with Gasteiger partial charge in [0, 0.05) is 17.8 Å².